The predicted molar refractivity (Wildman–Crippen MR) is 131 cm³/mol. The lowest BCUT2D eigenvalue weighted by atomic mass is 9.94. The van der Waals surface area contributed by atoms with Crippen LogP contribution in [0.2, 0.25) is 5.02 Å². The molecular formula is C26H31ClF3N3O2. The number of likely N-dealkylation sites (tertiary alicyclic amines) is 1. The first-order valence-corrected chi connectivity index (χ1v) is 12.0. The van der Waals surface area contributed by atoms with Crippen molar-refractivity contribution in [2.45, 2.75) is 58.3 Å². The van der Waals surface area contributed by atoms with Crippen LogP contribution in [0.1, 0.15) is 50.3 Å². The summed E-state index contributed by atoms with van der Waals surface area (Å²) >= 11 is 5.90. The Hall–Kier alpha value is -2.58. The Morgan fingerprint density at radius 2 is 1.71 bits per heavy atom. The summed E-state index contributed by atoms with van der Waals surface area (Å²) < 4.78 is 39.2. The van der Waals surface area contributed by atoms with Crippen LogP contribution in [-0.4, -0.2) is 35.3 Å². The molecule has 1 aliphatic rings. The van der Waals surface area contributed by atoms with Crippen LogP contribution in [0.3, 0.4) is 0 Å². The topological polar surface area (TPSA) is 61.4 Å². The van der Waals surface area contributed by atoms with Gasteiger partial charge in [0.2, 0.25) is 11.8 Å². The highest BCUT2D eigenvalue weighted by Crippen LogP contribution is 2.36. The quantitative estimate of drug-likeness (QED) is 0.527. The molecule has 2 aromatic carbocycles. The molecule has 0 aliphatic carbocycles. The van der Waals surface area contributed by atoms with Crippen molar-refractivity contribution in [2.24, 2.45) is 5.92 Å². The monoisotopic (exact) mass is 509 g/mol. The number of piperidine rings is 1. The fraction of sp³-hybridized carbons (Fsp3) is 0.462. The first-order chi connectivity index (χ1) is 16.3. The molecule has 1 heterocycles. The molecule has 1 aliphatic heterocycles. The van der Waals surface area contributed by atoms with E-state index < -0.39 is 22.7 Å². The molecule has 2 aromatic rings. The van der Waals surface area contributed by atoms with Gasteiger partial charge in [0, 0.05) is 23.7 Å². The molecule has 0 atom stereocenters. The van der Waals surface area contributed by atoms with E-state index in [1.807, 2.05) is 39.0 Å². The van der Waals surface area contributed by atoms with E-state index in [9.17, 15) is 22.8 Å². The van der Waals surface area contributed by atoms with E-state index in [0.717, 1.165) is 37.6 Å². The van der Waals surface area contributed by atoms with Crippen molar-refractivity contribution in [3.05, 3.63) is 64.2 Å². The van der Waals surface area contributed by atoms with E-state index in [4.69, 9.17) is 11.6 Å². The Balaban J connectivity index is 1.55. The first kappa shape index (κ1) is 27.0. The number of alkyl halides is 3. The van der Waals surface area contributed by atoms with E-state index in [0.29, 0.717) is 12.2 Å². The largest absolute Gasteiger partial charge is 0.417 e. The zero-order chi connectivity index (χ0) is 25.8. The summed E-state index contributed by atoms with van der Waals surface area (Å²) in [6.45, 7) is 8.19. The lowest BCUT2D eigenvalue weighted by molar-refractivity contribution is -0.137. The van der Waals surface area contributed by atoms with Crippen molar-refractivity contribution in [3.8, 4) is 0 Å². The van der Waals surface area contributed by atoms with Gasteiger partial charge in [-0.15, -0.1) is 0 Å². The summed E-state index contributed by atoms with van der Waals surface area (Å²) in [5, 5.41) is 5.34. The van der Waals surface area contributed by atoms with Gasteiger partial charge in [0.15, 0.2) is 0 Å². The van der Waals surface area contributed by atoms with Crippen LogP contribution in [0.15, 0.2) is 42.5 Å². The summed E-state index contributed by atoms with van der Waals surface area (Å²) in [7, 11) is 0. The summed E-state index contributed by atoms with van der Waals surface area (Å²) in [6, 6.07) is 10.9. The average Bonchev–Trinajstić information content (AvgIpc) is 2.74. The fourth-order valence-corrected chi connectivity index (χ4v) is 4.44. The van der Waals surface area contributed by atoms with Crippen LogP contribution in [-0.2, 0) is 28.7 Å². The van der Waals surface area contributed by atoms with Gasteiger partial charge in [-0.05, 0) is 76.0 Å². The van der Waals surface area contributed by atoms with E-state index >= 15 is 0 Å². The standard InChI is InChI=1S/C26H31ClF3N3O2/c1-25(2,3)32-24(35)18-10-12-33(13-11-18)16-17-6-4-8-20(14-17)31-22(34)15-19-7-5-9-21(23(19)27)26(28,29)30/h4-9,14,18H,10-13,15-16H2,1-3H3,(H,31,34)(H,32,35). The summed E-state index contributed by atoms with van der Waals surface area (Å²) in [5.41, 5.74) is 0.484. The number of carbonyl (C=O) groups excluding carboxylic acids is 2. The van der Waals surface area contributed by atoms with Crippen LogP contribution in [0.4, 0.5) is 18.9 Å². The number of nitrogens with zero attached hydrogens (tertiary/aromatic N) is 1. The minimum Gasteiger partial charge on any atom is -0.351 e. The maximum Gasteiger partial charge on any atom is 0.417 e. The number of nitrogens with one attached hydrogen (secondary N) is 2. The Kier molecular flexibility index (Phi) is 8.49. The molecule has 0 unspecified atom stereocenters. The van der Waals surface area contributed by atoms with Crippen LogP contribution in [0.5, 0.6) is 0 Å². The van der Waals surface area contributed by atoms with Crippen molar-refractivity contribution >= 4 is 29.1 Å². The zero-order valence-electron chi connectivity index (χ0n) is 20.1. The number of rotatable bonds is 6. The highest BCUT2D eigenvalue weighted by Gasteiger charge is 2.34. The van der Waals surface area contributed by atoms with Gasteiger partial charge in [0.25, 0.3) is 0 Å². The number of hydrogen-bond donors (Lipinski definition) is 2. The van der Waals surface area contributed by atoms with Gasteiger partial charge in [-0.3, -0.25) is 14.5 Å². The highest BCUT2D eigenvalue weighted by molar-refractivity contribution is 6.32. The van der Waals surface area contributed by atoms with Crippen LogP contribution in [0.25, 0.3) is 0 Å². The minimum atomic E-state index is -4.58. The van der Waals surface area contributed by atoms with Crippen molar-refractivity contribution in [2.75, 3.05) is 18.4 Å². The van der Waals surface area contributed by atoms with E-state index in [1.54, 1.807) is 6.07 Å². The normalized spacial score (nSPS) is 15.6. The van der Waals surface area contributed by atoms with Crippen molar-refractivity contribution in [3.63, 3.8) is 0 Å². The van der Waals surface area contributed by atoms with Gasteiger partial charge in [0.05, 0.1) is 17.0 Å². The number of anilines is 1. The molecule has 9 heteroatoms. The van der Waals surface area contributed by atoms with E-state index in [-0.39, 0.29) is 29.3 Å². The van der Waals surface area contributed by atoms with Crippen LogP contribution < -0.4 is 10.6 Å². The van der Waals surface area contributed by atoms with Gasteiger partial charge in [-0.1, -0.05) is 35.9 Å². The fourth-order valence-electron chi connectivity index (χ4n) is 4.14. The van der Waals surface area contributed by atoms with E-state index in [2.05, 4.69) is 15.5 Å². The maximum atomic E-state index is 13.1. The van der Waals surface area contributed by atoms with Gasteiger partial charge in [-0.2, -0.15) is 13.2 Å². The Bertz CT molecular complexity index is 1060. The Morgan fingerprint density at radius 3 is 2.34 bits per heavy atom. The SMILES string of the molecule is CC(C)(C)NC(=O)C1CCN(Cc2cccc(NC(=O)Cc3cccc(C(F)(F)F)c3Cl)c2)CC1. The van der Waals surface area contributed by atoms with Gasteiger partial charge >= 0.3 is 6.18 Å². The van der Waals surface area contributed by atoms with Crippen LogP contribution >= 0.6 is 11.6 Å². The third-order valence-electron chi connectivity index (χ3n) is 5.81. The molecule has 2 N–H and O–H groups in total. The summed E-state index contributed by atoms with van der Waals surface area (Å²) in [4.78, 5) is 27.2. The molecule has 5 nitrogen and oxygen atoms in total. The third kappa shape index (κ3) is 7.97. The number of halogens is 4. The molecule has 2 amide bonds. The number of benzene rings is 2. The Morgan fingerprint density at radius 1 is 1.06 bits per heavy atom. The minimum absolute atomic E-state index is 0.0127. The number of carbonyl (C=O) groups is 2. The summed E-state index contributed by atoms with van der Waals surface area (Å²) in [5.74, 6) is -0.337. The van der Waals surface area contributed by atoms with Crippen LogP contribution in [0, 0.1) is 5.92 Å². The number of amides is 2. The molecule has 35 heavy (non-hydrogen) atoms. The molecule has 3 rings (SSSR count). The molecule has 0 spiro atoms. The molecule has 1 fully saturated rings. The zero-order valence-corrected chi connectivity index (χ0v) is 20.9. The molecule has 1 saturated heterocycles. The van der Waals surface area contributed by atoms with E-state index in [1.165, 1.54) is 12.1 Å². The molecule has 190 valence electrons. The van der Waals surface area contributed by atoms with Crippen molar-refractivity contribution in [1.29, 1.82) is 0 Å². The van der Waals surface area contributed by atoms with Crippen molar-refractivity contribution < 1.29 is 22.8 Å². The maximum absolute atomic E-state index is 13.1. The average molecular weight is 510 g/mol. The lowest BCUT2D eigenvalue weighted by Crippen LogP contribution is -2.46. The second-order valence-corrected chi connectivity index (χ2v) is 10.4. The molecule has 0 saturated carbocycles. The van der Waals surface area contributed by atoms with Crippen molar-refractivity contribution in [1.82, 2.24) is 10.2 Å². The first-order valence-electron chi connectivity index (χ1n) is 11.6. The highest BCUT2D eigenvalue weighted by atomic mass is 35.5. The second kappa shape index (κ2) is 11.0. The lowest BCUT2D eigenvalue weighted by Gasteiger charge is -2.33. The molecule has 0 bridgehead atoms. The predicted octanol–water partition coefficient (Wildman–Crippen LogP) is 5.67. The molecule has 0 radical (unpaired) electrons. The van der Waals surface area contributed by atoms with Gasteiger partial charge in [0.1, 0.15) is 0 Å². The third-order valence-corrected chi connectivity index (χ3v) is 6.25. The Labute approximate surface area is 209 Å². The van der Waals surface area contributed by atoms with Gasteiger partial charge in [-0.25, -0.2) is 0 Å². The molecular weight excluding hydrogens is 479 g/mol. The molecule has 0 aromatic heterocycles. The summed E-state index contributed by atoms with van der Waals surface area (Å²) in [6.07, 6.45) is -3.27. The smallest absolute Gasteiger partial charge is 0.351 e. The second-order valence-electron chi connectivity index (χ2n) is 9.99. The van der Waals surface area contributed by atoms with Gasteiger partial charge < -0.3 is 10.6 Å². The number of hydrogen-bond acceptors (Lipinski definition) is 3.